The Kier molecular flexibility index (Phi) is 6.04. The summed E-state index contributed by atoms with van der Waals surface area (Å²) in [6.45, 7) is 5.05. The van der Waals surface area contributed by atoms with Gasteiger partial charge in [-0.1, -0.05) is 24.3 Å². The lowest BCUT2D eigenvalue weighted by Crippen LogP contribution is -2.32. The Labute approximate surface area is 108 Å². The Bertz CT molecular complexity index is 456. The third-order valence-electron chi connectivity index (χ3n) is 2.58. The van der Waals surface area contributed by atoms with E-state index in [4.69, 9.17) is 5.11 Å². The number of aliphatic hydroxyl groups is 1. The van der Waals surface area contributed by atoms with Gasteiger partial charge in [0.1, 0.15) is 0 Å². The van der Waals surface area contributed by atoms with Gasteiger partial charge in [-0.15, -0.1) is 6.58 Å². The molecule has 0 saturated carbocycles. The molecule has 0 atom stereocenters. The molecule has 0 amide bonds. The van der Waals surface area contributed by atoms with Crippen LogP contribution in [-0.2, 0) is 9.84 Å². The average Bonchev–Trinajstić information content (AvgIpc) is 2.38. The molecule has 1 aromatic rings. The number of hydrogen-bond donors (Lipinski definition) is 1. The van der Waals surface area contributed by atoms with Crippen molar-refractivity contribution in [3.63, 3.8) is 0 Å². The summed E-state index contributed by atoms with van der Waals surface area (Å²) in [5.41, 5.74) is 0. The topological polar surface area (TPSA) is 57.6 Å². The minimum atomic E-state index is -3.25. The Morgan fingerprint density at radius 2 is 1.89 bits per heavy atom. The molecule has 0 radical (unpaired) electrons. The normalized spacial score (nSPS) is 11.7. The van der Waals surface area contributed by atoms with Gasteiger partial charge < -0.3 is 5.11 Å². The number of aliphatic hydroxyl groups excluding tert-OH is 1. The predicted molar refractivity (Wildman–Crippen MR) is 72.2 cm³/mol. The van der Waals surface area contributed by atoms with E-state index in [-0.39, 0.29) is 12.4 Å². The summed E-state index contributed by atoms with van der Waals surface area (Å²) in [6.07, 6.45) is 1.70. The van der Waals surface area contributed by atoms with Crippen LogP contribution in [0.25, 0.3) is 0 Å². The van der Waals surface area contributed by atoms with Crippen LogP contribution in [0.1, 0.15) is 0 Å². The van der Waals surface area contributed by atoms with Gasteiger partial charge in [0, 0.05) is 19.6 Å². The number of benzene rings is 1. The summed E-state index contributed by atoms with van der Waals surface area (Å²) in [5.74, 6) is 0.0465. The maximum Gasteiger partial charge on any atom is 0.179 e. The van der Waals surface area contributed by atoms with Crippen LogP contribution < -0.4 is 0 Å². The molecule has 0 bridgehead atoms. The molecule has 100 valence electrons. The fourth-order valence-corrected chi connectivity index (χ4v) is 2.92. The van der Waals surface area contributed by atoms with Crippen LogP contribution in [-0.4, -0.2) is 50.4 Å². The van der Waals surface area contributed by atoms with Gasteiger partial charge in [-0.05, 0) is 12.1 Å². The zero-order chi connectivity index (χ0) is 13.4. The van der Waals surface area contributed by atoms with Gasteiger partial charge in [0.25, 0.3) is 0 Å². The van der Waals surface area contributed by atoms with E-state index in [9.17, 15) is 8.42 Å². The van der Waals surface area contributed by atoms with Gasteiger partial charge in [-0.25, -0.2) is 8.42 Å². The van der Waals surface area contributed by atoms with Gasteiger partial charge in [0.2, 0.25) is 0 Å². The third kappa shape index (κ3) is 4.60. The highest BCUT2D eigenvalue weighted by Gasteiger charge is 2.15. The van der Waals surface area contributed by atoms with Crippen molar-refractivity contribution >= 4 is 9.84 Å². The molecule has 4 nitrogen and oxygen atoms in total. The summed E-state index contributed by atoms with van der Waals surface area (Å²) in [4.78, 5) is 2.19. The van der Waals surface area contributed by atoms with Crippen molar-refractivity contribution in [2.24, 2.45) is 0 Å². The Morgan fingerprint density at radius 3 is 2.44 bits per heavy atom. The van der Waals surface area contributed by atoms with E-state index in [2.05, 4.69) is 6.58 Å². The minimum Gasteiger partial charge on any atom is -0.395 e. The first kappa shape index (κ1) is 14.9. The molecule has 1 aromatic carbocycles. The van der Waals surface area contributed by atoms with Crippen molar-refractivity contribution in [1.82, 2.24) is 4.90 Å². The fourth-order valence-electron chi connectivity index (χ4n) is 1.61. The third-order valence-corrected chi connectivity index (χ3v) is 4.29. The number of hydrogen-bond acceptors (Lipinski definition) is 4. The van der Waals surface area contributed by atoms with E-state index < -0.39 is 9.84 Å². The molecule has 5 heteroatoms. The maximum absolute atomic E-state index is 12.0. The second kappa shape index (κ2) is 7.31. The Hall–Kier alpha value is -1.17. The van der Waals surface area contributed by atoms with Gasteiger partial charge in [-0.2, -0.15) is 0 Å². The lowest BCUT2D eigenvalue weighted by atomic mass is 10.4. The predicted octanol–water partition coefficient (Wildman–Crippen LogP) is 0.941. The van der Waals surface area contributed by atoms with Crippen LogP contribution >= 0.6 is 0 Å². The summed E-state index contributed by atoms with van der Waals surface area (Å²) >= 11 is 0. The highest BCUT2D eigenvalue weighted by molar-refractivity contribution is 7.91. The summed E-state index contributed by atoms with van der Waals surface area (Å²) in [7, 11) is -3.25. The Morgan fingerprint density at radius 1 is 1.22 bits per heavy atom. The van der Waals surface area contributed by atoms with Crippen molar-refractivity contribution in [3.8, 4) is 0 Å². The van der Waals surface area contributed by atoms with Gasteiger partial charge >= 0.3 is 0 Å². The lowest BCUT2D eigenvalue weighted by molar-refractivity contribution is 0.215. The maximum atomic E-state index is 12.0. The zero-order valence-corrected chi connectivity index (χ0v) is 11.1. The van der Waals surface area contributed by atoms with Gasteiger partial charge in [-0.3, -0.25) is 4.90 Å². The molecule has 1 N–H and O–H groups in total. The molecule has 1 rings (SSSR count). The van der Waals surface area contributed by atoms with Crippen molar-refractivity contribution in [2.45, 2.75) is 4.90 Å². The van der Waals surface area contributed by atoms with Gasteiger partial charge in [0.05, 0.1) is 17.3 Å². The van der Waals surface area contributed by atoms with Crippen molar-refractivity contribution in [1.29, 1.82) is 0 Å². The molecular formula is C13H19NO3S. The molecule has 0 aliphatic rings. The smallest absolute Gasteiger partial charge is 0.179 e. The first-order valence-electron chi connectivity index (χ1n) is 5.82. The number of sulfone groups is 1. The quantitative estimate of drug-likeness (QED) is 0.714. The summed E-state index contributed by atoms with van der Waals surface area (Å²) in [6, 6.07) is 8.40. The zero-order valence-electron chi connectivity index (χ0n) is 10.3. The SMILES string of the molecule is C=CCN(CCO)CCS(=O)(=O)c1ccccc1. The molecule has 0 aliphatic carbocycles. The summed E-state index contributed by atoms with van der Waals surface area (Å²) in [5, 5.41) is 8.88. The molecule has 0 unspecified atom stereocenters. The van der Waals surface area contributed by atoms with Crippen LogP contribution in [0.3, 0.4) is 0 Å². The monoisotopic (exact) mass is 269 g/mol. The minimum absolute atomic E-state index is 0.0131. The Balaban J connectivity index is 2.63. The van der Waals surface area contributed by atoms with E-state index in [1.807, 2.05) is 4.90 Å². The molecule has 18 heavy (non-hydrogen) atoms. The highest BCUT2D eigenvalue weighted by atomic mass is 32.2. The first-order valence-corrected chi connectivity index (χ1v) is 7.47. The van der Waals surface area contributed by atoms with Crippen LogP contribution in [0.15, 0.2) is 47.9 Å². The van der Waals surface area contributed by atoms with E-state index in [0.717, 1.165) is 0 Å². The number of nitrogens with zero attached hydrogens (tertiary/aromatic N) is 1. The largest absolute Gasteiger partial charge is 0.395 e. The number of rotatable bonds is 8. The highest BCUT2D eigenvalue weighted by Crippen LogP contribution is 2.10. The fraction of sp³-hybridized carbons (Fsp3) is 0.385. The van der Waals surface area contributed by atoms with Crippen LogP contribution in [0.5, 0.6) is 0 Å². The second-order valence-electron chi connectivity index (χ2n) is 3.94. The van der Waals surface area contributed by atoms with E-state index in [1.54, 1.807) is 36.4 Å². The van der Waals surface area contributed by atoms with E-state index in [1.165, 1.54) is 0 Å². The summed E-state index contributed by atoms with van der Waals surface area (Å²) < 4.78 is 24.1. The molecule has 0 spiro atoms. The van der Waals surface area contributed by atoms with Crippen molar-refractivity contribution in [3.05, 3.63) is 43.0 Å². The molecule has 0 aliphatic heterocycles. The molecule has 0 saturated heterocycles. The second-order valence-corrected chi connectivity index (χ2v) is 6.05. The van der Waals surface area contributed by atoms with E-state index in [0.29, 0.717) is 24.5 Å². The molecular weight excluding hydrogens is 250 g/mol. The standard InChI is InChI=1S/C13H19NO3S/c1-2-8-14(9-11-15)10-12-18(16,17)13-6-4-3-5-7-13/h2-7,15H,1,8-12H2. The molecule has 0 fully saturated rings. The average molecular weight is 269 g/mol. The van der Waals surface area contributed by atoms with Crippen LogP contribution in [0.2, 0.25) is 0 Å². The van der Waals surface area contributed by atoms with Crippen LogP contribution in [0.4, 0.5) is 0 Å². The molecule has 0 aromatic heterocycles. The van der Waals surface area contributed by atoms with Crippen molar-refractivity contribution < 1.29 is 13.5 Å². The molecule has 0 heterocycles. The van der Waals surface area contributed by atoms with Crippen molar-refractivity contribution in [2.75, 3.05) is 32.0 Å². The van der Waals surface area contributed by atoms with Gasteiger partial charge in [0.15, 0.2) is 9.84 Å². The van der Waals surface area contributed by atoms with E-state index >= 15 is 0 Å². The van der Waals surface area contributed by atoms with Crippen LogP contribution in [0, 0.1) is 0 Å². The first-order chi connectivity index (χ1) is 8.60. The lowest BCUT2D eigenvalue weighted by Gasteiger charge is -2.19.